The standard InChI is InChI=1S/C16H19N5O2/c1-19-10-14(18-11-19)16(23)21-8-6-20(7-9-21)13-4-2-12(3-5-13)15(17)22/h2-5,10-11H,6-9H2,1H3,(H2,17,22). The number of amides is 2. The van der Waals surface area contributed by atoms with Gasteiger partial charge in [0.2, 0.25) is 5.91 Å². The zero-order chi connectivity index (χ0) is 16.4. The topological polar surface area (TPSA) is 84.5 Å². The van der Waals surface area contributed by atoms with Crippen LogP contribution in [0.15, 0.2) is 36.8 Å². The fourth-order valence-corrected chi connectivity index (χ4v) is 2.69. The molecule has 0 saturated carbocycles. The molecular weight excluding hydrogens is 294 g/mol. The Balaban J connectivity index is 1.61. The maximum atomic E-state index is 12.4. The van der Waals surface area contributed by atoms with Crippen molar-refractivity contribution in [3.8, 4) is 0 Å². The van der Waals surface area contributed by atoms with Gasteiger partial charge in [-0.3, -0.25) is 9.59 Å². The molecule has 23 heavy (non-hydrogen) atoms. The summed E-state index contributed by atoms with van der Waals surface area (Å²) in [6.45, 7) is 2.78. The Morgan fingerprint density at radius 2 is 1.74 bits per heavy atom. The molecule has 3 rings (SSSR count). The van der Waals surface area contributed by atoms with Crippen molar-refractivity contribution in [2.45, 2.75) is 0 Å². The van der Waals surface area contributed by atoms with Crippen LogP contribution in [0.5, 0.6) is 0 Å². The van der Waals surface area contributed by atoms with E-state index in [1.165, 1.54) is 0 Å². The van der Waals surface area contributed by atoms with Crippen molar-refractivity contribution < 1.29 is 9.59 Å². The summed E-state index contributed by atoms with van der Waals surface area (Å²) in [4.78, 5) is 31.6. The highest BCUT2D eigenvalue weighted by molar-refractivity contribution is 5.93. The zero-order valence-electron chi connectivity index (χ0n) is 13.0. The average molecular weight is 313 g/mol. The zero-order valence-corrected chi connectivity index (χ0v) is 13.0. The molecule has 2 N–H and O–H groups in total. The molecule has 1 aromatic heterocycles. The lowest BCUT2D eigenvalue weighted by Gasteiger charge is -2.35. The molecule has 1 aliphatic heterocycles. The first-order valence-electron chi connectivity index (χ1n) is 7.46. The van der Waals surface area contributed by atoms with Crippen LogP contribution >= 0.6 is 0 Å². The normalized spacial score (nSPS) is 14.8. The second kappa shape index (κ2) is 6.12. The van der Waals surface area contributed by atoms with Crippen LogP contribution in [0.2, 0.25) is 0 Å². The van der Waals surface area contributed by atoms with Crippen molar-refractivity contribution in [2.75, 3.05) is 31.1 Å². The summed E-state index contributed by atoms with van der Waals surface area (Å²) in [5, 5.41) is 0. The van der Waals surface area contributed by atoms with E-state index in [1.807, 2.05) is 24.1 Å². The van der Waals surface area contributed by atoms with Crippen LogP contribution in [-0.4, -0.2) is 52.4 Å². The first-order chi connectivity index (χ1) is 11.0. The third kappa shape index (κ3) is 3.18. The summed E-state index contributed by atoms with van der Waals surface area (Å²) in [5.74, 6) is -0.461. The highest BCUT2D eigenvalue weighted by atomic mass is 16.2. The Bertz CT molecular complexity index is 714. The Morgan fingerprint density at radius 3 is 2.26 bits per heavy atom. The summed E-state index contributed by atoms with van der Waals surface area (Å²) in [6.07, 6.45) is 3.36. The molecule has 7 nitrogen and oxygen atoms in total. The third-order valence-electron chi connectivity index (χ3n) is 4.01. The third-order valence-corrected chi connectivity index (χ3v) is 4.01. The lowest BCUT2D eigenvalue weighted by Crippen LogP contribution is -2.48. The average Bonchev–Trinajstić information content (AvgIpc) is 3.01. The summed E-state index contributed by atoms with van der Waals surface area (Å²) in [6, 6.07) is 7.22. The minimum atomic E-state index is -0.428. The smallest absolute Gasteiger partial charge is 0.274 e. The molecule has 0 bridgehead atoms. The molecule has 120 valence electrons. The number of aromatic nitrogens is 2. The predicted octanol–water partition coefficient (Wildman–Crippen LogP) is 0.481. The molecule has 1 fully saturated rings. The van der Waals surface area contributed by atoms with Gasteiger partial charge < -0.3 is 20.1 Å². The highest BCUT2D eigenvalue weighted by Gasteiger charge is 2.23. The van der Waals surface area contributed by atoms with E-state index < -0.39 is 5.91 Å². The Hall–Kier alpha value is -2.83. The van der Waals surface area contributed by atoms with E-state index in [0.717, 1.165) is 18.8 Å². The monoisotopic (exact) mass is 313 g/mol. The van der Waals surface area contributed by atoms with Crippen molar-refractivity contribution in [2.24, 2.45) is 12.8 Å². The van der Waals surface area contributed by atoms with Crippen LogP contribution in [0.25, 0.3) is 0 Å². The first kappa shape index (κ1) is 15.1. The van der Waals surface area contributed by atoms with Gasteiger partial charge in [0.1, 0.15) is 5.69 Å². The molecule has 0 aliphatic carbocycles. The van der Waals surface area contributed by atoms with Gasteiger partial charge in [-0.05, 0) is 24.3 Å². The molecule has 1 aromatic carbocycles. The lowest BCUT2D eigenvalue weighted by molar-refractivity contribution is 0.0741. The minimum absolute atomic E-state index is 0.0330. The van der Waals surface area contributed by atoms with Gasteiger partial charge in [-0.25, -0.2) is 4.98 Å². The fourth-order valence-electron chi connectivity index (χ4n) is 2.69. The van der Waals surface area contributed by atoms with Crippen LogP contribution in [0, 0.1) is 0 Å². The second-order valence-corrected chi connectivity index (χ2v) is 5.61. The first-order valence-corrected chi connectivity index (χ1v) is 7.46. The van der Waals surface area contributed by atoms with Gasteiger partial charge in [-0.1, -0.05) is 0 Å². The van der Waals surface area contributed by atoms with Gasteiger partial charge in [0.05, 0.1) is 6.33 Å². The molecule has 0 radical (unpaired) electrons. The molecule has 0 atom stereocenters. The summed E-state index contributed by atoms with van der Waals surface area (Å²) in [5.41, 5.74) is 7.25. The van der Waals surface area contributed by atoms with Gasteiger partial charge in [0.15, 0.2) is 0 Å². The molecule has 0 spiro atoms. The van der Waals surface area contributed by atoms with Crippen molar-refractivity contribution >= 4 is 17.5 Å². The van der Waals surface area contributed by atoms with Crippen LogP contribution in [0.3, 0.4) is 0 Å². The number of carbonyl (C=O) groups is 2. The van der Waals surface area contributed by atoms with E-state index >= 15 is 0 Å². The van der Waals surface area contributed by atoms with Gasteiger partial charge in [0.25, 0.3) is 5.91 Å². The maximum Gasteiger partial charge on any atom is 0.274 e. The molecular formula is C16H19N5O2. The number of anilines is 1. The molecule has 2 amide bonds. The number of benzene rings is 1. The van der Waals surface area contributed by atoms with E-state index in [-0.39, 0.29) is 5.91 Å². The fraction of sp³-hybridized carbons (Fsp3) is 0.312. The number of piperazine rings is 1. The van der Waals surface area contributed by atoms with E-state index in [4.69, 9.17) is 5.73 Å². The SMILES string of the molecule is Cn1cnc(C(=O)N2CCN(c3ccc(C(N)=O)cc3)CC2)c1. The van der Waals surface area contributed by atoms with E-state index in [0.29, 0.717) is 24.3 Å². The van der Waals surface area contributed by atoms with Crippen LogP contribution < -0.4 is 10.6 Å². The predicted molar refractivity (Wildman–Crippen MR) is 86.3 cm³/mol. The highest BCUT2D eigenvalue weighted by Crippen LogP contribution is 2.18. The van der Waals surface area contributed by atoms with Crippen LogP contribution in [0.1, 0.15) is 20.8 Å². The Morgan fingerprint density at radius 1 is 1.09 bits per heavy atom. The summed E-state index contributed by atoms with van der Waals surface area (Å²) >= 11 is 0. The number of primary amides is 1. The second-order valence-electron chi connectivity index (χ2n) is 5.61. The minimum Gasteiger partial charge on any atom is -0.368 e. The van der Waals surface area contributed by atoms with Crippen molar-refractivity contribution in [1.82, 2.24) is 14.5 Å². The lowest BCUT2D eigenvalue weighted by atomic mass is 10.1. The molecule has 2 aromatic rings. The van der Waals surface area contributed by atoms with Crippen molar-refractivity contribution in [3.05, 3.63) is 48.0 Å². The number of hydrogen-bond acceptors (Lipinski definition) is 4. The Kier molecular flexibility index (Phi) is 4.01. The molecule has 1 aliphatic rings. The molecule has 7 heteroatoms. The van der Waals surface area contributed by atoms with E-state index in [9.17, 15) is 9.59 Å². The summed E-state index contributed by atoms with van der Waals surface area (Å²) in [7, 11) is 1.84. The van der Waals surface area contributed by atoms with Crippen LogP contribution in [-0.2, 0) is 7.05 Å². The summed E-state index contributed by atoms with van der Waals surface area (Å²) < 4.78 is 1.77. The maximum absolute atomic E-state index is 12.4. The van der Waals surface area contributed by atoms with Crippen LogP contribution in [0.4, 0.5) is 5.69 Å². The Labute approximate surface area is 134 Å². The molecule has 2 heterocycles. The van der Waals surface area contributed by atoms with Crippen molar-refractivity contribution in [3.63, 3.8) is 0 Å². The van der Waals surface area contributed by atoms with Gasteiger partial charge in [-0.15, -0.1) is 0 Å². The number of imidazole rings is 1. The molecule has 0 unspecified atom stereocenters. The molecule has 1 saturated heterocycles. The number of rotatable bonds is 3. The van der Waals surface area contributed by atoms with Crippen molar-refractivity contribution in [1.29, 1.82) is 0 Å². The van der Waals surface area contributed by atoms with Gasteiger partial charge in [-0.2, -0.15) is 0 Å². The van der Waals surface area contributed by atoms with E-state index in [1.54, 1.807) is 29.2 Å². The van der Waals surface area contributed by atoms with Gasteiger partial charge in [0, 0.05) is 50.7 Å². The number of nitrogens with two attached hydrogens (primary N) is 1. The van der Waals surface area contributed by atoms with Gasteiger partial charge >= 0.3 is 0 Å². The quantitative estimate of drug-likeness (QED) is 0.893. The number of aryl methyl sites for hydroxylation is 1. The largest absolute Gasteiger partial charge is 0.368 e. The number of hydrogen-bond donors (Lipinski definition) is 1. The number of carbonyl (C=O) groups excluding carboxylic acids is 2. The van der Waals surface area contributed by atoms with E-state index in [2.05, 4.69) is 9.88 Å². The number of nitrogens with zero attached hydrogens (tertiary/aromatic N) is 4.